The number of nitro groups is 1. The van der Waals surface area contributed by atoms with Crippen molar-refractivity contribution < 1.29 is 9.66 Å². The first-order valence-electron chi connectivity index (χ1n) is 6.22. The Morgan fingerprint density at radius 1 is 1.68 bits per heavy atom. The fraction of sp³-hybridized carbons (Fsp3) is 0.583. The summed E-state index contributed by atoms with van der Waals surface area (Å²) in [5.41, 5.74) is 0.664. The van der Waals surface area contributed by atoms with E-state index in [1.807, 2.05) is 11.9 Å². The number of rotatable bonds is 4. The Morgan fingerprint density at radius 3 is 3.05 bits per heavy atom. The van der Waals surface area contributed by atoms with Crippen molar-refractivity contribution in [1.82, 2.24) is 10.3 Å². The second kappa shape index (κ2) is 5.94. The van der Waals surface area contributed by atoms with Gasteiger partial charge in [-0.2, -0.15) is 0 Å². The molecule has 7 heteroatoms. The van der Waals surface area contributed by atoms with Crippen LogP contribution in [0.1, 0.15) is 5.56 Å². The van der Waals surface area contributed by atoms with Crippen LogP contribution < -0.4 is 10.2 Å². The minimum Gasteiger partial charge on any atom is -0.374 e. The van der Waals surface area contributed by atoms with Crippen LogP contribution in [-0.4, -0.2) is 49.3 Å². The van der Waals surface area contributed by atoms with Crippen molar-refractivity contribution in [2.24, 2.45) is 0 Å². The number of morpholine rings is 1. The van der Waals surface area contributed by atoms with E-state index in [0.717, 1.165) is 18.9 Å². The van der Waals surface area contributed by atoms with Crippen LogP contribution in [0.3, 0.4) is 0 Å². The third kappa shape index (κ3) is 3.39. The van der Waals surface area contributed by atoms with Crippen LogP contribution in [0.4, 0.5) is 11.5 Å². The van der Waals surface area contributed by atoms with Crippen LogP contribution >= 0.6 is 0 Å². The van der Waals surface area contributed by atoms with Gasteiger partial charge in [0.1, 0.15) is 12.0 Å². The standard InChI is InChI=1S/C12H18N4O3/c1-9-5-12(14-7-11(9)16(17)18)15(2)8-10-6-13-3-4-19-10/h5,7,10,13H,3-4,6,8H2,1-2H3. The highest BCUT2D eigenvalue weighted by atomic mass is 16.6. The first kappa shape index (κ1) is 13.7. The van der Waals surface area contributed by atoms with Gasteiger partial charge >= 0.3 is 0 Å². The Kier molecular flexibility index (Phi) is 4.28. The number of nitrogens with one attached hydrogen (secondary N) is 1. The van der Waals surface area contributed by atoms with E-state index in [0.29, 0.717) is 18.7 Å². The lowest BCUT2D eigenvalue weighted by molar-refractivity contribution is -0.385. The Labute approximate surface area is 111 Å². The van der Waals surface area contributed by atoms with E-state index in [1.165, 1.54) is 6.20 Å². The van der Waals surface area contributed by atoms with Crippen molar-refractivity contribution in [2.45, 2.75) is 13.0 Å². The highest BCUT2D eigenvalue weighted by Crippen LogP contribution is 2.20. The zero-order valence-electron chi connectivity index (χ0n) is 11.1. The Hall–Kier alpha value is -1.73. The number of likely N-dealkylation sites (N-methyl/N-ethyl adjacent to an activating group) is 1. The summed E-state index contributed by atoms with van der Waals surface area (Å²) < 4.78 is 5.62. The normalized spacial score (nSPS) is 19.2. The maximum absolute atomic E-state index is 10.7. The summed E-state index contributed by atoms with van der Waals surface area (Å²) in [6, 6.07) is 1.73. The molecule has 0 bridgehead atoms. The van der Waals surface area contributed by atoms with Gasteiger partial charge in [-0.05, 0) is 13.0 Å². The van der Waals surface area contributed by atoms with Gasteiger partial charge in [0.05, 0.1) is 17.6 Å². The van der Waals surface area contributed by atoms with Gasteiger partial charge in [-0.3, -0.25) is 10.1 Å². The molecule has 0 saturated carbocycles. The second-order valence-corrected chi connectivity index (χ2v) is 4.66. The van der Waals surface area contributed by atoms with Gasteiger partial charge in [0.15, 0.2) is 0 Å². The molecule has 2 heterocycles. The van der Waals surface area contributed by atoms with Gasteiger partial charge in [-0.25, -0.2) is 4.98 Å². The largest absolute Gasteiger partial charge is 0.374 e. The quantitative estimate of drug-likeness (QED) is 0.639. The molecule has 1 aromatic rings. The third-order valence-electron chi connectivity index (χ3n) is 3.14. The number of pyridine rings is 1. The molecular weight excluding hydrogens is 248 g/mol. The minimum atomic E-state index is -0.416. The fourth-order valence-corrected chi connectivity index (χ4v) is 2.07. The van der Waals surface area contributed by atoms with Crippen molar-refractivity contribution in [1.29, 1.82) is 0 Å². The molecule has 2 rings (SSSR count). The number of aromatic nitrogens is 1. The summed E-state index contributed by atoms with van der Waals surface area (Å²) in [4.78, 5) is 16.4. The first-order valence-corrected chi connectivity index (χ1v) is 6.22. The van der Waals surface area contributed by atoms with Crippen LogP contribution in [0.2, 0.25) is 0 Å². The highest BCUT2D eigenvalue weighted by molar-refractivity contribution is 5.48. The van der Waals surface area contributed by atoms with E-state index in [1.54, 1.807) is 13.0 Å². The van der Waals surface area contributed by atoms with Gasteiger partial charge in [0.2, 0.25) is 0 Å². The SMILES string of the molecule is Cc1cc(N(C)CC2CNCCO2)ncc1[N+](=O)[O-]. The predicted octanol–water partition coefficient (Wildman–Crippen LogP) is 0.723. The van der Waals surface area contributed by atoms with Crippen molar-refractivity contribution >= 4 is 11.5 Å². The molecule has 1 N–H and O–H groups in total. The van der Waals surface area contributed by atoms with Gasteiger partial charge in [-0.1, -0.05) is 0 Å². The van der Waals surface area contributed by atoms with Crippen molar-refractivity contribution in [3.8, 4) is 0 Å². The van der Waals surface area contributed by atoms with E-state index >= 15 is 0 Å². The van der Waals surface area contributed by atoms with Gasteiger partial charge in [0.25, 0.3) is 5.69 Å². The summed E-state index contributed by atoms with van der Waals surface area (Å²) in [6.45, 7) is 4.84. The molecule has 1 saturated heterocycles. The molecule has 0 aliphatic carbocycles. The van der Waals surface area contributed by atoms with E-state index in [9.17, 15) is 10.1 Å². The lowest BCUT2D eigenvalue weighted by Crippen LogP contribution is -2.44. The maximum Gasteiger partial charge on any atom is 0.290 e. The first-order chi connectivity index (χ1) is 9.08. The zero-order valence-corrected chi connectivity index (χ0v) is 11.1. The predicted molar refractivity (Wildman–Crippen MR) is 71.5 cm³/mol. The molecule has 1 atom stereocenters. The molecule has 1 aliphatic heterocycles. The van der Waals surface area contributed by atoms with Crippen molar-refractivity contribution in [3.63, 3.8) is 0 Å². The molecule has 1 fully saturated rings. The average molecular weight is 266 g/mol. The molecular formula is C12H18N4O3. The van der Waals surface area contributed by atoms with E-state index in [-0.39, 0.29) is 11.8 Å². The molecule has 0 aromatic carbocycles. The molecule has 19 heavy (non-hydrogen) atoms. The number of hydrogen-bond acceptors (Lipinski definition) is 6. The van der Waals surface area contributed by atoms with Gasteiger partial charge in [-0.15, -0.1) is 0 Å². The van der Waals surface area contributed by atoms with E-state index < -0.39 is 4.92 Å². The smallest absolute Gasteiger partial charge is 0.290 e. The van der Waals surface area contributed by atoms with E-state index in [2.05, 4.69) is 10.3 Å². The fourth-order valence-electron chi connectivity index (χ4n) is 2.07. The minimum absolute atomic E-state index is 0.0488. The second-order valence-electron chi connectivity index (χ2n) is 4.66. The molecule has 7 nitrogen and oxygen atoms in total. The highest BCUT2D eigenvalue weighted by Gasteiger charge is 2.18. The number of aryl methyl sites for hydroxylation is 1. The van der Waals surface area contributed by atoms with Gasteiger partial charge < -0.3 is 15.0 Å². The summed E-state index contributed by atoms with van der Waals surface area (Å²) in [6.07, 6.45) is 1.43. The topological polar surface area (TPSA) is 80.5 Å². The molecule has 0 radical (unpaired) electrons. The van der Waals surface area contributed by atoms with E-state index in [4.69, 9.17) is 4.74 Å². The monoisotopic (exact) mass is 266 g/mol. The van der Waals surface area contributed by atoms with Crippen LogP contribution in [0.15, 0.2) is 12.3 Å². The Balaban J connectivity index is 2.04. The molecule has 0 spiro atoms. The average Bonchev–Trinajstić information content (AvgIpc) is 2.39. The Morgan fingerprint density at radius 2 is 2.47 bits per heavy atom. The third-order valence-corrected chi connectivity index (χ3v) is 3.14. The molecule has 0 amide bonds. The van der Waals surface area contributed by atoms with Crippen LogP contribution in [0.5, 0.6) is 0 Å². The molecule has 1 unspecified atom stereocenters. The lowest BCUT2D eigenvalue weighted by Gasteiger charge is -2.28. The zero-order chi connectivity index (χ0) is 13.8. The lowest BCUT2D eigenvalue weighted by atomic mass is 10.2. The summed E-state index contributed by atoms with van der Waals surface area (Å²) in [5, 5.41) is 14.0. The molecule has 104 valence electrons. The number of ether oxygens (including phenoxy) is 1. The number of nitrogens with zero attached hydrogens (tertiary/aromatic N) is 3. The maximum atomic E-state index is 10.7. The van der Waals surface area contributed by atoms with Crippen LogP contribution in [0.25, 0.3) is 0 Å². The molecule has 1 aliphatic rings. The van der Waals surface area contributed by atoms with Gasteiger partial charge in [0, 0.05) is 32.2 Å². The summed E-state index contributed by atoms with van der Waals surface area (Å²) in [5.74, 6) is 0.720. The van der Waals surface area contributed by atoms with Crippen molar-refractivity contribution in [2.75, 3.05) is 38.2 Å². The summed E-state index contributed by atoms with van der Waals surface area (Å²) >= 11 is 0. The number of hydrogen-bond donors (Lipinski definition) is 1. The van der Waals surface area contributed by atoms with Crippen LogP contribution in [-0.2, 0) is 4.74 Å². The summed E-state index contributed by atoms with van der Waals surface area (Å²) in [7, 11) is 1.91. The van der Waals surface area contributed by atoms with Crippen molar-refractivity contribution in [3.05, 3.63) is 27.9 Å². The number of anilines is 1. The Bertz CT molecular complexity index is 460. The molecule has 1 aromatic heterocycles. The van der Waals surface area contributed by atoms with Crippen LogP contribution in [0, 0.1) is 17.0 Å².